The summed E-state index contributed by atoms with van der Waals surface area (Å²) >= 11 is 5.51. The van der Waals surface area contributed by atoms with Crippen molar-refractivity contribution in [2.24, 2.45) is 0 Å². The Morgan fingerprint density at radius 3 is 2.71 bits per heavy atom. The van der Waals surface area contributed by atoms with E-state index in [0.717, 1.165) is 10.6 Å². The van der Waals surface area contributed by atoms with Crippen molar-refractivity contribution in [3.8, 4) is 0 Å². The molecule has 0 amide bonds. The van der Waals surface area contributed by atoms with Gasteiger partial charge in [-0.15, -0.1) is 0 Å². The van der Waals surface area contributed by atoms with Crippen LogP contribution in [-0.2, 0) is 16.4 Å². The van der Waals surface area contributed by atoms with Crippen LogP contribution in [0, 0.1) is 0 Å². The van der Waals surface area contributed by atoms with E-state index in [1.165, 1.54) is 0 Å². The molecule has 1 aliphatic heterocycles. The van der Waals surface area contributed by atoms with Crippen LogP contribution < -0.4 is 11.2 Å². The normalized spacial score (nSPS) is 22.8. The Bertz CT molecular complexity index is 614. The smallest absolute Gasteiger partial charge is 0.298 e. The third-order valence-corrected chi connectivity index (χ3v) is 5.30. The van der Waals surface area contributed by atoms with Crippen molar-refractivity contribution in [2.45, 2.75) is 24.6 Å². The maximum Gasteiger partial charge on any atom is 0.329 e. The maximum atomic E-state index is 11.6. The van der Waals surface area contributed by atoms with Crippen molar-refractivity contribution in [1.29, 1.82) is 0 Å². The van der Waals surface area contributed by atoms with Crippen LogP contribution in [-0.4, -0.2) is 29.0 Å². The highest BCUT2D eigenvalue weighted by Crippen LogP contribution is 2.20. The molecule has 1 N–H and O–H groups in total. The summed E-state index contributed by atoms with van der Waals surface area (Å²) in [5.41, 5.74) is -1.26. The number of aromatic nitrogens is 2. The van der Waals surface area contributed by atoms with Gasteiger partial charge in [0.25, 0.3) is 5.56 Å². The Labute approximate surface area is 102 Å². The molecule has 8 heteroatoms. The number of sulfone groups is 1. The Kier molecular flexibility index (Phi) is 3.13. The molecule has 1 unspecified atom stereocenters. The second-order valence-electron chi connectivity index (χ2n) is 4.00. The van der Waals surface area contributed by atoms with E-state index in [1.807, 2.05) is 0 Å². The standard InChI is InChI=1S/C9H11ClN2O4S/c10-7-4-8(13)12(9(14)11-7)5-6-2-1-3-17(6,15)16/h4,6H,1-3,5H2,(H,11,14). The molecule has 17 heavy (non-hydrogen) atoms. The molecular formula is C9H11ClN2O4S. The number of nitrogens with one attached hydrogen (secondary N) is 1. The lowest BCUT2D eigenvalue weighted by Crippen LogP contribution is -2.39. The first kappa shape index (κ1) is 12.4. The summed E-state index contributed by atoms with van der Waals surface area (Å²) in [5, 5.41) is -0.701. The fourth-order valence-electron chi connectivity index (χ4n) is 1.93. The second kappa shape index (κ2) is 4.30. The van der Waals surface area contributed by atoms with Gasteiger partial charge in [-0.2, -0.15) is 0 Å². The molecule has 0 spiro atoms. The molecule has 6 nitrogen and oxygen atoms in total. The molecular weight excluding hydrogens is 268 g/mol. The van der Waals surface area contributed by atoms with Gasteiger partial charge in [-0.25, -0.2) is 13.2 Å². The van der Waals surface area contributed by atoms with Gasteiger partial charge < -0.3 is 0 Å². The molecule has 0 saturated carbocycles. The lowest BCUT2D eigenvalue weighted by atomic mass is 10.2. The topological polar surface area (TPSA) is 89.0 Å². The molecule has 1 saturated heterocycles. The number of H-pyrrole nitrogens is 1. The molecule has 1 aromatic heterocycles. The van der Waals surface area contributed by atoms with Crippen LogP contribution in [0.5, 0.6) is 0 Å². The predicted molar refractivity (Wildman–Crippen MR) is 63.1 cm³/mol. The zero-order chi connectivity index (χ0) is 12.6. The molecule has 1 atom stereocenters. The van der Waals surface area contributed by atoms with Crippen LogP contribution in [0.15, 0.2) is 15.7 Å². The Morgan fingerprint density at radius 1 is 1.47 bits per heavy atom. The number of hydrogen-bond donors (Lipinski definition) is 1. The van der Waals surface area contributed by atoms with Crippen molar-refractivity contribution in [2.75, 3.05) is 5.75 Å². The first-order valence-corrected chi connectivity index (χ1v) is 7.21. The van der Waals surface area contributed by atoms with Gasteiger partial charge in [0.2, 0.25) is 0 Å². The molecule has 1 fully saturated rings. The number of rotatable bonds is 2. The molecule has 94 valence electrons. The van der Waals surface area contributed by atoms with E-state index in [-0.39, 0.29) is 17.5 Å². The van der Waals surface area contributed by atoms with Gasteiger partial charge >= 0.3 is 5.69 Å². The average molecular weight is 279 g/mol. The van der Waals surface area contributed by atoms with Gasteiger partial charge in [0.15, 0.2) is 9.84 Å². The lowest BCUT2D eigenvalue weighted by molar-refractivity contribution is 0.548. The van der Waals surface area contributed by atoms with Crippen molar-refractivity contribution in [1.82, 2.24) is 9.55 Å². The quantitative estimate of drug-likeness (QED) is 0.757. The van der Waals surface area contributed by atoms with Crippen LogP contribution in [0.2, 0.25) is 5.15 Å². The molecule has 0 aliphatic carbocycles. The van der Waals surface area contributed by atoms with E-state index in [9.17, 15) is 18.0 Å². The van der Waals surface area contributed by atoms with Crippen LogP contribution in [0.1, 0.15) is 12.8 Å². The number of aromatic amines is 1. The fraction of sp³-hybridized carbons (Fsp3) is 0.556. The largest absolute Gasteiger partial charge is 0.329 e. The molecule has 0 bridgehead atoms. The van der Waals surface area contributed by atoms with Gasteiger partial charge in [-0.05, 0) is 12.8 Å². The zero-order valence-electron chi connectivity index (χ0n) is 8.85. The number of nitrogens with zero attached hydrogens (tertiary/aromatic N) is 1. The zero-order valence-corrected chi connectivity index (χ0v) is 10.4. The minimum atomic E-state index is -3.17. The van der Waals surface area contributed by atoms with E-state index < -0.39 is 26.3 Å². The van der Waals surface area contributed by atoms with Crippen molar-refractivity contribution < 1.29 is 8.42 Å². The fourth-order valence-corrected chi connectivity index (χ4v) is 3.91. The first-order valence-electron chi connectivity index (χ1n) is 5.11. The first-order chi connectivity index (χ1) is 7.90. The third kappa shape index (κ3) is 2.44. The average Bonchev–Trinajstić information content (AvgIpc) is 2.51. The highest BCUT2D eigenvalue weighted by Gasteiger charge is 2.32. The van der Waals surface area contributed by atoms with E-state index in [2.05, 4.69) is 4.98 Å². The van der Waals surface area contributed by atoms with Gasteiger partial charge in [-0.3, -0.25) is 14.3 Å². The Morgan fingerprint density at radius 2 is 2.18 bits per heavy atom. The molecule has 2 heterocycles. The molecule has 0 radical (unpaired) electrons. The third-order valence-electron chi connectivity index (χ3n) is 2.84. The molecule has 1 aliphatic rings. The number of hydrogen-bond acceptors (Lipinski definition) is 4. The summed E-state index contributed by atoms with van der Waals surface area (Å²) in [7, 11) is -3.17. The minimum absolute atomic E-state index is 0.0504. The van der Waals surface area contributed by atoms with E-state index in [4.69, 9.17) is 11.6 Å². The Hall–Kier alpha value is -1.08. The van der Waals surface area contributed by atoms with Crippen molar-refractivity contribution >= 4 is 21.4 Å². The molecule has 0 aromatic carbocycles. The lowest BCUT2D eigenvalue weighted by Gasteiger charge is -2.10. The highest BCUT2D eigenvalue weighted by atomic mass is 35.5. The number of halogens is 1. The van der Waals surface area contributed by atoms with Gasteiger partial charge in [-0.1, -0.05) is 11.6 Å². The summed E-state index contributed by atoms with van der Waals surface area (Å²) in [4.78, 5) is 25.3. The molecule has 1 aromatic rings. The monoisotopic (exact) mass is 278 g/mol. The summed E-state index contributed by atoms with van der Waals surface area (Å²) < 4.78 is 24.1. The van der Waals surface area contributed by atoms with Crippen LogP contribution in [0.4, 0.5) is 0 Å². The predicted octanol–water partition coefficient (Wildman–Crippen LogP) is -0.233. The van der Waals surface area contributed by atoms with Crippen molar-refractivity contribution in [3.63, 3.8) is 0 Å². The maximum absolute atomic E-state index is 11.6. The second-order valence-corrected chi connectivity index (χ2v) is 6.81. The SMILES string of the molecule is O=c1cc(Cl)[nH]c(=O)n1CC1CCCS1(=O)=O. The Balaban J connectivity index is 2.38. The highest BCUT2D eigenvalue weighted by molar-refractivity contribution is 7.92. The van der Waals surface area contributed by atoms with E-state index in [0.29, 0.717) is 12.8 Å². The summed E-state index contributed by atoms with van der Waals surface area (Å²) in [5.74, 6) is 0.123. The van der Waals surface area contributed by atoms with Crippen LogP contribution in [0.25, 0.3) is 0 Å². The van der Waals surface area contributed by atoms with E-state index in [1.54, 1.807) is 0 Å². The van der Waals surface area contributed by atoms with Gasteiger partial charge in [0, 0.05) is 12.6 Å². The van der Waals surface area contributed by atoms with E-state index >= 15 is 0 Å². The van der Waals surface area contributed by atoms with Crippen LogP contribution in [0.3, 0.4) is 0 Å². The summed E-state index contributed by atoms with van der Waals surface area (Å²) in [6.45, 7) is -0.104. The van der Waals surface area contributed by atoms with Crippen molar-refractivity contribution in [3.05, 3.63) is 32.1 Å². The van der Waals surface area contributed by atoms with Gasteiger partial charge in [0.05, 0.1) is 11.0 Å². The van der Waals surface area contributed by atoms with Gasteiger partial charge in [0.1, 0.15) is 5.15 Å². The summed E-state index contributed by atoms with van der Waals surface area (Å²) in [6, 6.07) is 1.06. The minimum Gasteiger partial charge on any atom is -0.298 e. The van der Waals surface area contributed by atoms with Crippen LogP contribution >= 0.6 is 11.6 Å². The molecule has 2 rings (SSSR count). The summed E-state index contributed by atoms with van der Waals surface area (Å²) in [6.07, 6.45) is 1.06.